The fourth-order valence-corrected chi connectivity index (χ4v) is 1.99. The third-order valence-corrected chi connectivity index (χ3v) is 3.15. The fraction of sp³-hybridized carbons (Fsp3) is 0.538. The van der Waals surface area contributed by atoms with Crippen LogP contribution in [0.15, 0.2) is 23.0 Å². The summed E-state index contributed by atoms with van der Waals surface area (Å²) >= 11 is 0. The highest BCUT2D eigenvalue weighted by molar-refractivity contribution is 5.07. The maximum Gasteiger partial charge on any atom is 0.162 e. The van der Waals surface area contributed by atoms with Gasteiger partial charge < -0.3 is 19.1 Å². The molecule has 0 bridgehead atoms. The van der Waals surface area contributed by atoms with Crippen molar-refractivity contribution in [1.82, 2.24) is 20.0 Å². The summed E-state index contributed by atoms with van der Waals surface area (Å²) < 4.78 is 12.3. The second kappa shape index (κ2) is 5.54. The van der Waals surface area contributed by atoms with Gasteiger partial charge in [-0.1, -0.05) is 5.16 Å². The Hall–Kier alpha value is -1.66. The van der Waals surface area contributed by atoms with Crippen molar-refractivity contribution in [3.05, 3.63) is 35.7 Å². The molecule has 0 saturated heterocycles. The molecule has 0 amide bonds. The first-order chi connectivity index (χ1) is 9.35. The van der Waals surface area contributed by atoms with Crippen LogP contribution in [0.25, 0.3) is 0 Å². The summed E-state index contributed by atoms with van der Waals surface area (Å²) in [5.74, 6) is 1.78. The summed E-state index contributed by atoms with van der Waals surface area (Å²) in [6.45, 7) is 1.93. The second-order valence-electron chi connectivity index (χ2n) is 4.84. The number of hydrogen-bond acceptors (Lipinski definition) is 5. The van der Waals surface area contributed by atoms with Crippen molar-refractivity contribution in [3.8, 4) is 0 Å². The lowest BCUT2D eigenvalue weighted by atomic mass is 10.3. The molecule has 1 saturated carbocycles. The molecule has 1 aliphatic rings. The molecule has 1 N–H and O–H groups in total. The molecular weight excluding hydrogens is 244 g/mol. The number of nitrogens with zero attached hydrogens (tertiary/aromatic N) is 3. The summed E-state index contributed by atoms with van der Waals surface area (Å²) in [6, 6.07) is 2.60. The Morgan fingerprint density at radius 1 is 1.53 bits per heavy atom. The Labute approximate surface area is 111 Å². The number of imidazole rings is 1. The van der Waals surface area contributed by atoms with Gasteiger partial charge in [0.05, 0.1) is 13.1 Å². The van der Waals surface area contributed by atoms with Gasteiger partial charge in [-0.05, 0) is 12.8 Å². The quantitative estimate of drug-likeness (QED) is 0.815. The number of hydrogen-bond donors (Lipinski definition) is 1. The van der Waals surface area contributed by atoms with E-state index in [1.165, 1.54) is 12.8 Å². The zero-order chi connectivity index (χ0) is 13.1. The van der Waals surface area contributed by atoms with Crippen LogP contribution in [0.4, 0.5) is 0 Å². The normalized spacial score (nSPS) is 15.0. The highest BCUT2D eigenvalue weighted by Crippen LogP contribution is 2.19. The lowest BCUT2D eigenvalue weighted by Crippen LogP contribution is -2.19. The Morgan fingerprint density at radius 3 is 3.21 bits per heavy atom. The smallest absolute Gasteiger partial charge is 0.162 e. The van der Waals surface area contributed by atoms with Crippen molar-refractivity contribution in [2.24, 2.45) is 0 Å². The molecule has 0 radical (unpaired) electrons. The van der Waals surface area contributed by atoms with Gasteiger partial charge in [-0.25, -0.2) is 4.98 Å². The van der Waals surface area contributed by atoms with Crippen LogP contribution in [0, 0.1) is 0 Å². The average Bonchev–Trinajstić information content (AvgIpc) is 2.97. The van der Waals surface area contributed by atoms with Crippen LogP contribution < -0.4 is 5.32 Å². The summed E-state index contributed by atoms with van der Waals surface area (Å²) in [7, 11) is 1.64. The van der Waals surface area contributed by atoms with E-state index in [0.717, 1.165) is 23.8 Å². The van der Waals surface area contributed by atoms with Crippen molar-refractivity contribution in [2.75, 3.05) is 7.11 Å². The molecule has 1 aliphatic carbocycles. The molecule has 19 heavy (non-hydrogen) atoms. The van der Waals surface area contributed by atoms with Crippen LogP contribution in [0.3, 0.4) is 0 Å². The Morgan fingerprint density at radius 2 is 2.42 bits per heavy atom. The number of ether oxygens (including phenoxy) is 1. The van der Waals surface area contributed by atoms with Crippen molar-refractivity contribution in [3.63, 3.8) is 0 Å². The van der Waals surface area contributed by atoms with Gasteiger partial charge in [-0.3, -0.25) is 0 Å². The van der Waals surface area contributed by atoms with Gasteiger partial charge in [-0.2, -0.15) is 0 Å². The molecule has 1 fully saturated rings. The molecule has 3 rings (SSSR count). The molecule has 2 aromatic rings. The minimum atomic E-state index is 0.451. The molecule has 0 atom stereocenters. The van der Waals surface area contributed by atoms with E-state index in [2.05, 4.69) is 20.0 Å². The van der Waals surface area contributed by atoms with Crippen LogP contribution in [0.1, 0.15) is 30.1 Å². The maximum absolute atomic E-state index is 5.18. The number of rotatable bonds is 7. The van der Waals surface area contributed by atoms with Gasteiger partial charge in [0.25, 0.3) is 0 Å². The van der Waals surface area contributed by atoms with Crippen LogP contribution in [-0.4, -0.2) is 27.9 Å². The average molecular weight is 262 g/mol. The van der Waals surface area contributed by atoms with E-state index >= 15 is 0 Å². The lowest BCUT2D eigenvalue weighted by Gasteiger charge is -2.06. The maximum atomic E-state index is 5.18. The SMILES string of the molecule is COCc1cc(Cn2ccnc2CNC2CC2)no1. The summed E-state index contributed by atoms with van der Waals surface area (Å²) in [5.41, 5.74) is 0.887. The molecule has 2 heterocycles. The molecule has 0 aliphatic heterocycles. The van der Waals surface area contributed by atoms with E-state index in [1.807, 2.05) is 18.5 Å². The van der Waals surface area contributed by atoms with Crippen LogP contribution in [-0.2, 0) is 24.4 Å². The third kappa shape index (κ3) is 3.21. The van der Waals surface area contributed by atoms with E-state index in [9.17, 15) is 0 Å². The summed E-state index contributed by atoms with van der Waals surface area (Å²) in [6.07, 6.45) is 6.35. The van der Waals surface area contributed by atoms with E-state index in [4.69, 9.17) is 9.26 Å². The van der Waals surface area contributed by atoms with Crippen LogP contribution >= 0.6 is 0 Å². The number of methoxy groups -OCH3 is 1. The molecule has 6 heteroatoms. The first-order valence-electron chi connectivity index (χ1n) is 6.52. The minimum absolute atomic E-state index is 0.451. The molecule has 0 unspecified atom stereocenters. The molecular formula is C13H18N4O2. The molecule has 102 valence electrons. The standard InChI is InChI=1S/C13H18N4O2/c1-18-9-12-6-11(16-19-12)8-17-5-4-14-13(17)7-15-10-2-3-10/h4-6,10,15H,2-3,7-9H2,1H3. The zero-order valence-electron chi connectivity index (χ0n) is 11.0. The molecule has 0 aromatic carbocycles. The molecule has 0 spiro atoms. The van der Waals surface area contributed by atoms with Crippen LogP contribution in [0.5, 0.6) is 0 Å². The summed E-state index contributed by atoms with van der Waals surface area (Å²) in [5, 5.41) is 7.50. The van der Waals surface area contributed by atoms with Crippen LogP contribution in [0.2, 0.25) is 0 Å². The van der Waals surface area contributed by atoms with Gasteiger partial charge in [0, 0.05) is 31.6 Å². The Kier molecular flexibility index (Phi) is 3.61. The predicted octanol–water partition coefficient (Wildman–Crippen LogP) is 1.32. The Balaban J connectivity index is 1.62. The zero-order valence-corrected chi connectivity index (χ0v) is 11.0. The van der Waals surface area contributed by atoms with E-state index < -0.39 is 0 Å². The van der Waals surface area contributed by atoms with E-state index in [0.29, 0.717) is 19.2 Å². The van der Waals surface area contributed by atoms with E-state index in [1.54, 1.807) is 7.11 Å². The van der Waals surface area contributed by atoms with Gasteiger partial charge in [0.15, 0.2) is 5.76 Å². The largest absolute Gasteiger partial charge is 0.377 e. The van der Waals surface area contributed by atoms with Crippen molar-refractivity contribution in [2.45, 2.75) is 38.6 Å². The van der Waals surface area contributed by atoms with Crippen molar-refractivity contribution in [1.29, 1.82) is 0 Å². The van der Waals surface area contributed by atoms with Crippen molar-refractivity contribution >= 4 is 0 Å². The number of nitrogens with one attached hydrogen (secondary N) is 1. The second-order valence-corrected chi connectivity index (χ2v) is 4.84. The highest BCUT2D eigenvalue weighted by Gasteiger charge is 2.20. The van der Waals surface area contributed by atoms with Gasteiger partial charge in [-0.15, -0.1) is 0 Å². The van der Waals surface area contributed by atoms with E-state index in [-0.39, 0.29) is 0 Å². The Bertz CT molecular complexity index is 530. The predicted molar refractivity (Wildman–Crippen MR) is 68.4 cm³/mol. The summed E-state index contributed by atoms with van der Waals surface area (Å²) in [4.78, 5) is 4.37. The fourth-order valence-electron chi connectivity index (χ4n) is 1.99. The van der Waals surface area contributed by atoms with Gasteiger partial charge >= 0.3 is 0 Å². The monoisotopic (exact) mass is 262 g/mol. The minimum Gasteiger partial charge on any atom is -0.377 e. The molecule has 6 nitrogen and oxygen atoms in total. The van der Waals surface area contributed by atoms with Gasteiger partial charge in [0.2, 0.25) is 0 Å². The topological polar surface area (TPSA) is 65.1 Å². The molecule has 2 aromatic heterocycles. The first kappa shape index (κ1) is 12.4. The first-order valence-corrected chi connectivity index (χ1v) is 6.52. The highest BCUT2D eigenvalue weighted by atomic mass is 16.5. The number of aromatic nitrogens is 3. The van der Waals surface area contributed by atoms with Crippen molar-refractivity contribution < 1.29 is 9.26 Å². The third-order valence-electron chi connectivity index (χ3n) is 3.15. The van der Waals surface area contributed by atoms with Gasteiger partial charge in [0.1, 0.15) is 18.1 Å². The lowest BCUT2D eigenvalue weighted by molar-refractivity contribution is 0.155.